The summed E-state index contributed by atoms with van der Waals surface area (Å²) in [7, 11) is 0. The second-order valence-electron chi connectivity index (χ2n) is 4.22. The van der Waals surface area contributed by atoms with Crippen LogP contribution in [0.1, 0.15) is 5.56 Å². The Bertz CT molecular complexity index is 554. The minimum absolute atomic E-state index is 0.127. The number of benzene rings is 1. The first kappa shape index (κ1) is 18.3. The van der Waals surface area contributed by atoms with Gasteiger partial charge in [-0.05, 0) is 19.1 Å². The maximum absolute atomic E-state index is 13.1. The summed E-state index contributed by atoms with van der Waals surface area (Å²) >= 11 is -0.229. The Morgan fingerprint density at radius 3 is 1.95 bits per heavy atom. The van der Waals surface area contributed by atoms with Gasteiger partial charge in [-0.1, -0.05) is 29.5 Å². The molecule has 0 saturated heterocycles. The van der Waals surface area contributed by atoms with Crippen LogP contribution in [-0.4, -0.2) is 29.4 Å². The molecule has 0 aliphatic rings. The molecule has 1 aromatic rings. The average Bonchev–Trinajstić information content (AvgIpc) is 2.37. The predicted molar refractivity (Wildman–Crippen MR) is 66.1 cm³/mol. The van der Waals surface area contributed by atoms with Crippen molar-refractivity contribution in [2.24, 2.45) is 0 Å². The van der Waals surface area contributed by atoms with E-state index in [-0.39, 0.29) is 16.7 Å². The second kappa shape index (κ2) is 6.19. The van der Waals surface area contributed by atoms with Crippen molar-refractivity contribution in [3.05, 3.63) is 29.8 Å². The fraction of sp³-hybridized carbons (Fsp3) is 0.333. The standard InChI is InChI=1S/C12H9F6NO2S/c1-7-2-4-8(5-3-7)22-10(6-20,12(16,17)18)19-9(21)11(13,14)15/h2-6H,1H3,(H,19,21)/t10-/m0/s1. The Hall–Kier alpha value is -1.71. The number of aldehydes is 1. The number of amides is 1. The molecule has 0 aliphatic carbocycles. The lowest BCUT2D eigenvalue weighted by molar-refractivity contribution is -0.190. The zero-order valence-electron chi connectivity index (χ0n) is 10.9. The highest BCUT2D eigenvalue weighted by Gasteiger charge is 2.59. The lowest BCUT2D eigenvalue weighted by Crippen LogP contribution is -2.60. The van der Waals surface area contributed by atoms with Crippen LogP contribution in [0.4, 0.5) is 26.3 Å². The summed E-state index contributed by atoms with van der Waals surface area (Å²) < 4.78 is 75.7. The number of hydrogen-bond acceptors (Lipinski definition) is 3. The van der Waals surface area contributed by atoms with E-state index in [9.17, 15) is 35.9 Å². The Kier molecular flexibility index (Phi) is 5.16. The van der Waals surface area contributed by atoms with Crippen LogP contribution in [0, 0.1) is 6.92 Å². The lowest BCUT2D eigenvalue weighted by atomic mass is 10.2. The van der Waals surface area contributed by atoms with Gasteiger partial charge in [0.2, 0.25) is 4.87 Å². The van der Waals surface area contributed by atoms with Crippen LogP contribution < -0.4 is 5.32 Å². The van der Waals surface area contributed by atoms with Gasteiger partial charge < -0.3 is 5.32 Å². The summed E-state index contributed by atoms with van der Waals surface area (Å²) in [6.07, 6.45) is -11.7. The average molecular weight is 345 g/mol. The maximum Gasteiger partial charge on any atom is 0.471 e. The molecule has 0 aromatic heterocycles. The van der Waals surface area contributed by atoms with Crippen LogP contribution in [-0.2, 0) is 9.59 Å². The molecule has 0 unspecified atom stereocenters. The third-order valence-corrected chi connectivity index (χ3v) is 3.70. The number of hydrogen-bond donors (Lipinski definition) is 1. The highest BCUT2D eigenvalue weighted by Crippen LogP contribution is 2.42. The normalized spacial score (nSPS) is 15.0. The van der Waals surface area contributed by atoms with Gasteiger partial charge in [-0.25, -0.2) is 0 Å². The summed E-state index contributed by atoms with van der Waals surface area (Å²) in [5.74, 6) is -2.85. The van der Waals surface area contributed by atoms with Crippen LogP contribution >= 0.6 is 11.8 Å². The number of alkyl halides is 6. The van der Waals surface area contributed by atoms with E-state index >= 15 is 0 Å². The molecule has 0 saturated carbocycles. The zero-order valence-corrected chi connectivity index (χ0v) is 11.7. The molecule has 0 heterocycles. The SMILES string of the molecule is Cc1ccc(S[C@](C=O)(NC(=O)C(F)(F)F)C(F)(F)F)cc1. The minimum Gasteiger partial charge on any atom is -0.320 e. The molecule has 1 rings (SSSR count). The number of carbonyl (C=O) groups is 2. The van der Waals surface area contributed by atoms with E-state index in [0.717, 1.165) is 5.32 Å². The van der Waals surface area contributed by atoms with Gasteiger partial charge in [0.15, 0.2) is 6.29 Å². The molecule has 1 amide bonds. The van der Waals surface area contributed by atoms with Crippen molar-refractivity contribution in [1.82, 2.24) is 5.32 Å². The van der Waals surface area contributed by atoms with E-state index in [0.29, 0.717) is 5.56 Å². The largest absolute Gasteiger partial charge is 0.471 e. The van der Waals surface area contributed by atoms with Crippen molar-refractivity contribution in [2.75, 3.05) is 0 Å². The Morgan fingerprint density at radius 2 is 1.59 bits per heavy atom. The second-order valence-corrected chi connectivity index (χ2v) is 5.54. The minimum atomic E-state index is -5.55. The smallest absolute Gasteiger partial charge is 0.320 e. The fourth-order valence-electron chi connectivity index (χ4n) is 1.31. The zero-order chi connectivity index (χ0) is 17.2. The molecule has 0 spiro atoms. The van der Waals surface area contributed by atoms with Crippen molar-refractivity contribution in [1.29, 1.82) is 0 Å². The number of halogens is 6. The molecule has 1 N–H and O–H groups in total. The van der Waals surface area contributed by atoms with Crippen molar-refractivity contribution >= 4 is 24.0 Å². The third kappa shape index (κ3) is 4.15. The van der Waals surface area contributed by atoms with E-state index in [2.05, 4.69) is 0 Å². The van der Waals surface area contributed by atoms with Crippen LogP contribution in [0.15, 0.2) is 29.2 Å². The van der Waals surface area contributed by atoms with Gasteiger partial charge in [-0.2, -0.15) is 26.3 Å². The lowest BCUT2D eigenvalue weighted by Gasteiger charge is -2.30. The molecule has 0 bridgehead atoms. The Labute approximate surface area is 125 Å². The van der Waals surface area contributed by atoms with Gasteiger partial charge in [0.1, 0.15) is 0 Å². The highest BCUT2D eigenvalue weighted by atomic mass is 32.2. The maximum atomic E-state index is 13.1. The molecular weight excluding hydrogens is 336 g/mol. The van der Waals surface area contributed by atoms with Gasteiger partial charge in [-0.3, -0.25) is 9.59 Å². The predicted octanol–water partition coefficient (Wildman–Crippen LogP) is 3.22. The molecule has 0 radical (unpaired) electrons. The quantitative estimate of drug-likeness (QED) is 0.394. The molecular formula is C12H9F6NO2S. The van der Waals surface area contributed by atoms with Crippen LogP contribution in [0.3, 0.4) is 0 Å². The molecule has 3 nitrogen and oxygen atoms in total. The van der Waals surface area contributed by atoms with Gasteiger partial charge in [-0.15, -0.1) is 0 Å². The summed E-state index contributed by atoms with van der Waals surface area (Å²) in [6, 6.07) is 5.23. The first-order valence-corrected chi connectivity index (χ1v) is 6.41. The molecule has 10 heteroatoms. The number of rotatable bonds is 4. The van der Waals surface area contributed by atoms with Gasteiger partial charge in [0.25, 0.3) is 0 Å². The van der Waals surface area contributed by atoms with Gasteiger partial charge >= 0.3 is 18.3 Å². The highest BCUT2D eigenvalue weighted by molar-refractivity contribution is 8.01. The van der Waals surface area contributed by atoms with Crippen LogP contribution in [0.2, 0.25) is 0 Å². The van der Waals surface area contributed by atoms with E-state index in [1.165, 1.54) is 24.3 Å². The fourth-order valence-corrected chi connectivity index (χ4v) is 2.26. The molecule has 122 valence electrons. The van der Waals surface area contributed by atoms with Gasteiger partial charge in [0, 0.05) is 4.90 Å². The molecule has 0 aliphatic heterocycles. The monoisotopic (exact) mass is 345 g/mol. The summed E-state index contributed by atoms with van der Waals surface area (Å²) in [5, 5.41) is 0.729. The summed E-state index contributed by atoms with van der Waals surface area (Å²) in [4.78, 5) is 17.9. The van der Waals surface area contributed by atoms with Crippen molar-refractivity contribution in [3.8, 4) is 0 Å². The molecule has 1 aromatic carbocycles. The Balaban J connectivity index is 3.19. The number of thioether (sulfide) groups is 1. The molecule has 0 fully saturated rings. The van der Waals surface area contributed by atoms with E-state index in [4.69, 9.17) is 0 Å². The molecule has 1 atom stereocenters. The molecule has 22 heavy (non-hydrogen) atoms. The first-order valence-electron chi connectivity index (χ1n) is 5.59. The van der Waals surface area contributed by atoms with Crippen LogP contribution in [0.25, 0.3) is 0 Å². The van der Waals surface area contributed by atoms with E-state index in [1.807, 2.05) is 0 Å². The summed E-state index contributed by atoms with van der Waals surface area (Å²) in [5.41, 5.74) is 0.701. The number of carbonyl (C=O) groups excluding carboxylic acids is 2. The Morgan fingerprint density at radius 1 is 1.09 bits per heavy atom. The number of aryl methyl sites for hydroxylation is 1. The third-order valence-electron chi connectivity index (χ3n) is 2.44. The van der Waals surface area contributed by atoms with Crippen molar-refractivity contribution < 1.29 is 35.9 Å². The number of nitrogens with one attached hydrogen (secondary N) is 1. The first-order chi connectivity index (χ1) is 9.91. The summed E-state index contributed by atoms with van der Waals surface area (Å²) in [6.45, 7) is 1.65. The topological polar surface area (TPSA) is 46.2 Å². The van der Waals surface area contributed by atoms with Crippen LogP contribution in [0.5, 0.6) is 0 Å². The van der Waals surface area contributed by atoms with Gasteiger partial charge in [0.05, 0.1) is 0 Å². The van der Waals surface area contributed by atoms with E-state index in [1.54, 1.807) is 6.92 Å². The van der Waals surface area contributed by atoms with Crippen molar-refractivity contribution in [2.45, 2.75) is 29.0 Å². The van der Waals surface area contributed by atoms with E-state index < -0.39 is 29.4 Å². The van der Waals surface area contributed by atoms with Crippen molar-refractivity contribution in [3.63, 3.8) is 0 Å².